The van der Waals surface area contributed by atoms with Gasteiger partial charge in [-0.3, -0.25) is 14.2 Å². The molecule has 0 aliphatic carbocycles. The molecule has 0 saturated carbocycles. The first-order valence-electron chi connectivity index (χ1n) is 8.92. The minimum absolute atomic E-state index is 0.452. The third kappa shape index (κ3) is 3.82. The number of halogens is 3. The van der Waals surface area contributed by atoms with Crippen molar-refractivity contribution in [1.29, 1.82) is 0 Å². The smallest absolute Gasteiger partial charge is 0.325 e. The SMILES string of the molecule is O=C(Cn1cccc(C(F)(F)F)c1=O)Nc1ccc(-n2cnc3ccccc32)cc1. The fraction of sp³-hybridized carbons (Fsp3) is 0.0952. The maximum absolute atomic E-state index is 12.8. The summed E-state index contributed by atoms with van der Waals surface area (Å²) in [5.74, 6) is -0.614. The van der Waals surface area contributed by atoms with Gasteiger partial charge in [-0.25, -0.2) is 4.98 Å². The zero-order chi connectivity index (χ0) is 21.3. The molecule has 4 rings (SSSR count). The van der Waals surface area contributed by atoms with E-state index in [1.165, 1.54) is 0 Å². The average Bonchev–Trinajstić information content (AvgIpc) is 3.13. The molecule has 0 unspecified atom stereocenters. The Morgan fingerprint density at radius 3 is 2.47 bits per heavy atom. The van der Waals surface area contributed by atoms with Crippen LogP contribution in [0.5, 0.6) is 0 Å². The molecule has 0 spiro atoms. The Balaban J connectivity index is 1.49. The summed E-state index contributed by atoms with van der Waals surface area (Å²) in [5, 5.41) is 2.58. The summed E-state index contributed by atoms with van der Waals surface area (Å²) in [6.45, 7) is -0.531. The lowest BCUT2D eigenvalue weighted by Gasteiger charge is -2.11. The van der Waals surface area contributed by atoms with Crippen molar-refractivity contribution in [3.05, 3.63) is 89.1 Å². The van der Waals surface area contributed by atoms with Crippen LogP contribution >= 0.6 is 0 Å². The number of fused-ring (bicyclic) bond motifs is 1. The van der Waals surface area contributed by atoms with Crippen molar-refractivity contribution in [2.45, 2.75) is 12.7 Å². The molecule has 0 fully saturated rings. The van der Waals surface area contributed by atoms with Gasteiger partial charge in [0.1, 0.15) is 18.4 Å². The van der Waals surface area contributed by atoms with Gasteiger partial charge in [-0.15, -0.1) is 0 Å². The highest BCUT2D eigenvalue weighted by atomic mass is 19.4. The first-order chi connectivity index (χ1) is 14.3. The lowest BCUT2D eigenvalue weighted by molar-refractivity contribution is -0.139. The Hall–Kier alpha value is -3.88. The van der Waals surface area contributed by atoms with E-state index in [1.54, 1.807) is 30.6 Å². The van der Waals surface area contributed by atoms with E-state index < -0.39 is 29.8 Å². The molecule has 9 heteroatoms. The van der Waals surface area contributed by atoms with Gasteiger partial charge in [-0.1, -0.05) is 12.1 Å². The average molecular weight is 412 g/mol. The Morgan fingerprint density at radius 2 is 1.73 bits per heavy atom. The third-order valence-corrected chi connectivity index (χ3v) is 4.52. The van der Waals surface area contributed by atoms with Crippen molar-refractivity contribution in [2.75, 3.05) is 5.32 Å². The molecule has 4 aromatic rings. The van der Waals surface area contributed by atoms with Gasteiger partial charge in [0.2, 0.25) is 5.91 Å². The van der Waals surface area contributed by atoms with Crippen LogP contribution in [0, 0.1) is 0 Å². The molecule has 2 heterocycles. The number of amides is 1. The molecule has 0 aliphatic heterocycles. The number of hydrogen-bond donors (Lipinski definition) is 1. The van der Waals surface area contributed by atoms with Crippen LogP contribution in [-0.2, 0) is 17.5 Å². The molecule has 30 heavy (non-hydrogen) atoms. The van der Waals surface area contributed by atoms with Crippen LogP contribution < -0.4 is 10.9 Å². The van der Waals surface area contributed by atoms with Crippen molar-refractivity contribution in [3.8, 4) is 5.69 Å². The number of para-hydroxylation sites is 2. The first-order valence-corrected chi connectivity index (χ1v) is 8.92. The van der Waals surface area contributed by atoms with Crippen LogP contribution in [0.2, 0.25) is 0 Å². The second kappa shape index (κ2) is 7.51. The molecule has 152 valence electrons. The quantitative estimate of drug-likeness (QED) is 0.554. The van der Waals surface area contributed by atoms with E-state index in [9.17, 15) is 22.8 Å². The molecule has 0 bridgehead atoms. The van der Waals surface area contributed by atoms with Gasteiger partial charge < -0.3 is 9.88 Å². The van der Waals surface area contributed by atoms with Crippen LogP contribution in [0.4, 0.5) is 18.9 Å². The molecule has 0 atom stereocenters. The van der Waals surface area contributed by atoms with Gasteiger partial charge in [-0.2, -0.15) is 13.2 Å². The Bertz CT molecular complexity index is 1270. The van der Waals surface area contributed by atoms with E-state index in [0.29, 0.717) is 11.8 Å². The molecule has 2 aromatic heterocycles. The van der Waals surface area contributed by atoms with Crippen molar-refractivity contribution in [2.24, 2.45) is 0 Å². The molecule has 1 amide bonds. The summed E-state index contributed by atoms with van der Waals surface area (Å²) < 4.78 is 41.2. The summed E-state index contributed by atoms with van der Waals surface area (Å²) >= 11 is 0. The standard InChI is InChI=1S/C21H15F3N4O2/c22-21(23,24)16-4-3-11-27(20(16)30)12-19(29)26-14-7-9-15(10-8-14)28-13-25-17-5-1-2-6-18(17)28/h1-11,13H,12H2,(H,26,29). The van der Waals surface area contributed by atoms with Gasteiger partial charge in [-0.05, 0) is 48.5 Å². The largest absolute Gasteiger partial charge is 0.421 e. The first kappa shape index (κ1) is 19.4. The zero-order valence-electron chi connectivity index (χ0n) is 15.4. The summed E-state index contributed by atoms with van der Waals surface area (Å²) in [7, 11) is 0. The predicted molar refractivity (Wildman–Crippen MR) is 105 cm³/mol. The molecule has 0 aliphatic rings. The van der Waals surface area contributed by atoms with E-state index in [2.05, 4.69) is 10.3 Å². The van der Waals surface area contributed by atoms with E-state index in [-0.39, 0.29) is 0 Å². The van der Waals surface area contributed by atoms with Crippen LogP contribution in [0.1, 0.15) is 5.56 Å². The molecule has 6 nitrogen and oxygen atoms in total. The molecule has 1 N–H and O–H groups in total. The van der Waals surface area contributed by atoms with Crippen LogP contribution in [0.15, 0.2) is 78.0 Å². The number of anilines is 1. The third-order valence-electron chi connectivity index (χ3n) is 4.52. The Kier molecular flexibility index (Phi) is 4.86. The number of benzene rings is 2. The maximum atomic E-state index is 12.8. The number of aromatic nitrogens is 3. The van der Waals surface area contributed by atoms with Crippen molar-refractivity contribution in [1.82, 2.24) is 14.1 Å². The normalized spacial score (nSPS) is 11.6. The topological polar surface area (TPSA) is 68.9 Å². The molecular formula is C21H15F3N4O2. The summed E-state index contributed by atoms with van der Waals surface area (Å²) in [5.41, 5.74) is 0.487. The Labute approximate surface area is 168 Å². The van der Waals surface area contributed by atoms with Crippen LogP contribution in [0.25, 0.3) is 16.7 Å². The molecule has 2 aromatic carbocycles. The lowest BCUT2D eigenvalue weighted by atomic mass is 10.2. The number of imidazole rings is 1. The molecule has 0 radical (unpaired) electrons. The number of carbonyl (C=O) groups excluding carboxylic acids is 1. The number of carbonyl (C=O) groups is 1. The van der Waals surface area contributed by atoms with Gasteiger partial charge >= 0.3 is 6.18 Å². The lowest BCUT2D eigenvalue weighted by Crippen LogP contribution is -2.31. The van der Waals surface area contributed by atoms with Crippen molar-refractivity contribution in [3.63, 3.8) is 0 Å². The number of nitrogens with one attached hydrogen (secondary N) is 1. The minimum Gasteiger partial charge on any atom is -0.325 e. The van der Waals surface area contributed by atoms with E-state index in [1.807, 2.05) is 28.8 Å². The highest BCUT2D eigenvalue weighted by molar-refractivity contribution is 5.90. The van der Waals surface area contributed by atoms with Gasteiger partial charge in [0.15, 0.2) is 0 Å². The molecular weight excluding hydrogens is 397 g/mol. The Morgan fingerprint density at radius 1 is 1.00 bits per heavy atom. The van der Waals surface area contributed by atoms with E-state index in [0.717, 1.165) is 33.6 Å². The number of nitrogens with zero attached hydrogens (tertiary/aromatic N) is 3. The summed E-state index contributed by atoms with van der Waals surface area (Å²) in [4.78, 5) is 28.5. The number of pyridine rings is 1. The van der Waals surface area contributed by atoms with Crippen molar-refractivity contribution >= 4 is 22.6 Å². The fourth-order valence-electron chi connectivity index (χ4n) is 3.10. The second-order valence-corrected chi connectivity index (χ2v) is 6.55. The van der Waals surface area contributed by atoms with Crippen molar-refractivity contribution < 1.29 is 18.0 Å². The highest BCUT2D eigenvalue weighted by Gasteiger charge is 2.34. The molecule has 0 saturated heterocycles. The van der Waals surface area contributed by atoms with E-state index >= 15 is 0 Å². The minimum atomic E-state index is -4.77. The van der Waals surface area contributed by atoms with Crippen LogP contribution in [0.3, 0.4) is 0 Å². The highest BCUT2D eigenvalue weighted by Crippen LogP contribution is 2.26. The summed E-state index contributed by atoms with van der Waals surface area (Å²) in [6.07, 6.45) is -1.94. The van der Waals surface area contributed by atoms with Gasteiger partial charge in [0, 0.05) is 17.6 Å². The van der Waals surface area contributed by atoms with Crippen LogP contribution in [-0.4, -0.2) is 20.0 Å². The number of alkyl halides is 3. The second-order valence-electron chi connectivity index (χ2n) is 6.55. The monoisotopic (exact) mass is 412 g/mol. The van der Waals surface area contributed by atoms with Gasteiger partial charge in [0.05, 0.1) is 11.0 Å². The maximum Gasteiger partial charge on any atom is 0.421 e. The number of rotatable bonds is 4. The van der Waals surface area contributed by atoms with E-state index in [4.69, 9.17) is 0 Å². The predicted octanol–water partition coefficient (Wildman–Crippen LogP) is 3.84. The van der Waals surface area contributed by atoms with Gasteiger partial charge in [0.25, 0.3) is 5.56 Å². The fourth-order valence-corrected chi connectivity index (χ4v) is 3.10. The summed E-state index contributed by atoms with van der Waals surface area (Å²) in [6, 6.07) is 16.3. The number of hydrogen-bond acceptors (Lipinski definition) is 3. The zero-order valence-corrected chi connectivity index (χ0v) is 15.4.